The Morgan fingerprint density at radius 3 is 2.50 bits per heavy atom. The summed E-state index contributed by atoms with van der Waals surface area (Å²) in [4.78, 5) is 38.7. The van der Waals surface area contributed by atoms with Crippen LogP contribution in [-0.4, -0.2) is 49.3 Å². The lowest BCUT2D eigenvalue weighted by Gasteiger charge is -2.13. The molecule has 8 nitrogen and oxygen atoms in total. The molecule has 0 aromatic heterocycles. The van der Waals surface area contributed by atoms with E-state index in [1.54, 1.807) is 42.5 Å². The first-order chi connectivity index (χ1) is 15.4. The van der Waals surface area contributed by atoms with Gasteiger partial charge in [-0.2, -0.15) is 0 Å². The Labute approximate surface area is 198 Å². The number of imide groups is 1. The van der Waals surface area contributed by atoms with Crippen LogP contribution < -0.4 is 19.5 Å². The Kier molecular flexibility index (Phi) is 7.81. The highest BCUT2D eigenvalue weighted by Gasteiger charge is 2.36. The smallest absolute Gasteiger partial charge is 0.294 e. The van der Waals surface area contributed by atoms with Crippen LogP contribution in [0.1, 0.15) is 12.5 Å². The molecule has 1 heterocycles. The monoisotopic (exact) mass is 520 g/mol. The fourth-order valence-electron chi connectivity index (χ4n) is 2.99. The summed E-state index contributed by atoms with van der Waals surface area (Å²) in [6.07, 6.45) is 1.54. The van der Waals surface area contributed by atoms with Crippen LogP contribution in [0.15, 0.2) is 45.8 Å². The fourth-order valence-corrected chi connectivity index (χ4v) is 4.27. The first-order valence-corrected chi connectivity index (χ1v) is 11.2. The van der Waals surface area contributed by atoms with Gasteiger partial charge >= 0.3 is 0 Å². The molecule has 1 fully saturated rings. The second kappa shape index (κ2) is 10.6. The van der Waals surface area contributed by atoms with Crippen LogP contribution >= 0.6 is 27.7 Å². The van der Waals surface area contributed by atoms with Gasteiger partial charge in [-0.25, -0.2) is 0 Å². The first kappa shape index (κ1) is 23.7. The molecule has 2 aromatic carbocycles. The van der Waals surface area contributed by atoms with Gasteiger partial charge < -0.3 is 19.5 Å². The van der Waals surface area contributed by atoms with Crippen LogP contribution in [0.25, 0.3) is 6.08 Å². The van der Waals surface area contributed by atoms with E-state index in [1.165, 1.54) is 14.2 Å². The molecule has 1 N–H and O–H groups in total. The van der Waals surface area contributed by atoms with Crippen LogP contribution in [-0.2, 0) is 9.59 Å². The van der Waals surface area contributed by atoms with E-state index in [0.29, 0.717) is 35.1 Å². The highest BCUT2D eigenvalue weighted by atomic mass is 79.9. The summed E-state index contributed by atoms with van der Waals surface area (Å²) < 4.78 is 16.8. The molecule has 168 valence electrons. The van der Waals surface area contributed by atoms with Crippen LogP contribution in [0.4, 0.5) is 10.5 Å². The minimum atomic E-state index is -0.553. The quantitative estimate of drug-likeness (QED) is 0.510. The lowest BCUT2D eigenvalue weighted by atomic mass is 10.1. The van der Waals surface area contributed by atoms with Crippen molar-refractivity contribution in [3.05, 3.63) is 51.3 Å². The van der Waals surface area contributed by atoms with Crippen molar-refractivity contribution in [2.24, 2.45) is 0 Å². The third kappa shape index (κ3) is 5.43. The number of halogens is 1. The topological polar surface area (TPSA) is 94.2 Å². The van der Waals surface area contributed by atoms with Gasteiger partial charge in [0.2, 0.25) is 5.91 Å². The molecule has 3 rings (SSSR count). The van der Waals surface area contributed by atoms with Gasteiger partial charge in [0.05, 0.1) is 25.7 Å². The minimum Gasteiger partial charge on any atom is -0.494 e. The molecule has 10 heteroatoms. The number of amides is 3. The second-order valence-electron chi connectivity index (χ2n) is 6.50. The van der Waals surface area contributed by atoms with E-state index in [9.17, 15) is 14.4 Å². The molecule has 1 aliphatic heterocycles. The summed E-state index contributed by atoms with van der Waals surface area (Å²) in [5.41, 5.74) is 1.09. The highest BCUT2D eigenvalue weighted by Crippen LogP contribution is 2.39. The van der Waals surface area contributed by atoms with Gasteiger partial charge in [0.25, 0.3) is 11.1 Å². The number of thioether (sulfide) groups is 1. The Balaban J connectivity index is 1.73. The van der Waals surface area contributed by atoms with Gasteiger partial charge in [0.15, 0.2) is 11.5 Å². The van der Waals surface area contributed by atoms with Gasteiger partial charge in [-0.15, -0.1) is 0 Å². The van der Waals surface area contributed by atoms with Gasteiger partial charge in [-0.3, -0.25) is 19.3 Å². The largest absolute Gasteiger partial charge is 0.494 e. The SMILES string of the molecule is CCOc1ccc(NC(=O)CN2C(=O)S/C(=C/c3cc(Br)cc(OC)c3OC)C2=O)cc1. The molecule has 0 unspecified atom stereocenters. The number of benzene rings is 2. The Hall–Kier alpha value is -2.98. The number of ether oxygens (including phenoxy) is 3. The summed E-state index contributed by atoms with van der Waals surface area (Å²) in [5.74, 6) is 0.543. The number of nitrogens with one attached hydrogen (secondary N) is 1. The zero-order chi connectivity index (χ0) is 23.3. The summed E-state index contributed by atoms with van der Waals surface area (Å²) in [7, 11) is 2.99. The molecule has 0 radical (unpaired) electrons. The number of methoxy groups -OCH3 is 2. The summed E-state index contributed by atoms with van der Waals surface area (Å²) in [6, 6.07) is 10.3. The zero-order valence-corrected chi connectivity index (χ0v) is 20.0. The van der Waals surface area contributed by atoms with E-state index in [-0.39, 0.29) is 4.91 Å². The standard InChI is InChI=1S/C22H21BrN2O6S/c1-4-31-16-7-5-15(6-8-16)24-19(26)12-25-21(27)18(32-22(25)28)10-13-9-14(23)11-17(29-2)20(13)30-3/h5-11H,4,12H2,1-3H3,(H,24,26)/b18-10+. The first-order valence-electron chi connectivity index (χ1n) is 9.55. The Bertz CT molecular complexity index is 1070. The molecule has 0 saturated carbocycles. The third-order valence-corrected chi connectivity index (χ3v) is 5.75. The zero-order valence-electron chi connectivity index (χ0n) is 17.6. The number of nitrogens with zero attached hydrogens (tertiary/aromatic N) is 1. The Morgan fingerprint density at radius 1 is 1.16 bits per heavy atom. The molecule has 3 amide bonds. The fraction of sp³-hybridized carbons (Fsp3) is 0.227. The minimum absolute atomic E-state index is 0.183. The lowest BCUT2D eigenvalue weighted by molar-refractivity contribution is -0.127. The van der Waals surface area contributed by atoms with Crippen LogP contribution in [0, 0.1) is 0 Å². The summed E-state index contributed by atoms with van der Waals surface area (Å²) >= 11 is 4.15. The molecule has 0 bridgehead atoms. The van der Waals surface area contributed by atoms with Crippen LogP contribution in [0.3, 0.4) is 0 Å². The number of hydrogen-bond donors (Lipinski definition) is 1. The van der Waals surface area contributed by atoms with E-state index in [4.69, 9.17) is 14.2 Å². The van der Waals surface area contributed by atoms with E-state index in [1.807, 2.05) is 6.92 Å². The predicted molar refractivity (Wildman–Crippen MR) is 126 cm³/mol. The van der Waals surface area contributed by atoms with Gasteiger partial charge in [0.1, 0.15) is 12.3 Å². The van der Waals surface area contributed by atoms with Crippen molar-refractivity contribution >= 4 is 56.5 Å². The highest BCUT2D eigenvalue weighted by molar-refractivity contribution is 9.10. The molecule has 32 heavy (non-hydrogen) atoms. The van der Waals surface area contributed by atoms with E-state index >= 15 is 0 Å². The maximum Gasteiger partial charge on any atom is 0.294 e. The van der Waals surface area contributed by atoms with Crippen molar-refractivity contribution < 1.29 is 28.6 Å². The van der Waals surface area contributed by atoms with Crippen molar-refractivity contribution in [2.45, 2.75) is 6.92 Å². The van der Waals surface area contributed by atoms with E-state index in [2.05, 4.69) is 21.2 Å². The third-order valence-electron chi connectivity index (χ3n) is 4.38. The normalized spacial score (nSPS) is 14.6. The van der Waals surface area contributed by atoms with Crippen molar-refractivity contribution in [2.75, 3.05) is 32.7 Å². The van der Waals surface area contributed by atoms with E-state index in [0.717, 1.165) is 21.1 Å². The number of carbonyl (C=O) groups excluding carboxylic acids is 3. The lowest BCUT2D eigenvalue weighted by Crippen LogP contribution is -2.36. The van der Waals surface area contributed by atoms with Crippen LogP contribution in [0.5, 0.6) is 17.2 Å². The van der Waals surface area contributed by atoms with Crippen molar-refractivity contribution in [1.82, 2.24) is 4.90 Å². The molecule has 1 saturated heterocycles. The van der Waals surface area contributed by atoms with Crippen molar-refractivity contribution in [3.8, 4) is 17.2 Å². The number of carbonyl (C=O) groups is 3. The Morgan fingerprint density at radius 2 is 1.88 bits per heavy atom. The maximum absolute atomic E-state index is 12.8. The summed E-state index contributed by atoms with van der Waals surface area (Å²) in [6.45, 7) is 2.02. The number of anilines is 1. The predicted octanol–water partition coefficient (Wildman–Crippen LogP) is 4.54. The van der Waals surface area contributed by atoms with Crippen LogP contribution in [0.2, 0.25) is 0 Å². The molecule has 1 aliphatic rings. The molecule has 2 aromatic rings. The van der Waals surface area contributed by atoms with E-state index < -0.39 is 23.6 Å². The average molecular weight is 521 g/mol. The molecule has 0 atom stereocenters. The average Bonchev–Trinajstić information content (AvgIpc) is 3.02. The van der Waals surface area contributed by atoms with Crippen molar-refractivity contribution in [1.29, 1.82) is 0 Å². The maximum atomic E-state index is 12.8. The molecule has 0 aliphatic carbocycles. The molecule has 0 spiro atoms. The molecular weight excluding hydrogens is 500 g/mol. The van der Waals surface area contributed by atoms with Gasteiger partial charge in [-0.05, 0) is 61.2 Å². The number of hydrogen-bond acceptors (Lipinski definition) is 7. The molecular formula is C22H21BrN2O6S. The van der Waals surface area contributed by atoms with Crippen molar-refractivity contribution in [3.63, 3.8) is 0 Å². The second-order valence-corrected chi connectivity index (χ2v) is 8.41. The van der Waals surface area contributed by atoms with Gasteiger partial charge in [-0.1, -0.05) is 15.9 Å². The summed E-state index contributed by atoms with van der Waals surface area (Å²) in [5, 5.41) is 2.15. The van der Waals surface area contributed by atoms with Gasteiger partial charge in [0, 0.05) is 15.7 Å². The number of rotatable bonds is 8.